The van der Waals surface area contributed by atoms with Crippen LogP contribution in [0.4, 0.5) is 0 Å². The van der Waals surface area contributed by atoms with E-state index < -0.39 is 9.84 Å². The van der Waals surface area contributed by atoms with Crippen molar-refractivity contribution in [2.24, 2.45) is 0 Å². The lowest BCUT2D eigenvalue weighted by atomic mass is 10.1. The summed E-state index contributed by atoms with van der Waals surface area (Å²) in [7, 11) is -1.09. The Balaban J connectivity index is 1.98. The lowest BCUT2D eigenvalue weighted by molar-refractivity contribution is 0.173. The molecule has 0 aromatic heterocycles. The van der Waals surface area contributed by atoms with Gasteiger partial charge in [0.05, 0.1) is 12.4 Å². The number of hydrogen-bond acceptors (Lipinski definition) is 6. The van der Waals surface area contributed by atoms with E-state index >= 15 is 0 Å². The molecule has 1 heterocycles. The highest BCUT2D eigenvalue weighted by molar-refractivity contribution is 7.91. The molecule has 0 atom stereocenters. The lowest BCUT2D eigenvalue weighted by Crippen LogP contribution is -2.13. The van der Waals surface area contributed by atoms with Crippen LogP contribution >= 0.6 is 0 Å². The molecule has 2 rings (SSSR count). The molecule has 0 unspecified atom stereocenters. The van der Waals surface area contributed by atoms with Crippen LogP contribution in [0.1, 0.15) is 18.9 Å². The Morgan fingerprint density at radius 3 is 2.67 bits per heavy atom. The average molecular weight is 315 g/mol. The average Bonchev–Trinajstić information content (AvgIpc) is 2.91. The Morgan fingerprint density at radius 1 is 1.29 bits per heavy atom. The number of benzene rings is 1. The van der Waals surface area contributed by atoms with Crippen molar-refractivity contribution >= 4 is 9.84 Å². The SMILES string of the molecule is CCS(=O)(=O)CCCOc1cc2c(cc1CNC)OCO2. The van der Waals surface area contributed by atoms with Crippen LogP contribution < -0.4 is 19.5 Å². The highest BCUT2D eigenvalue weighted by Crippen LogP contribution is 2.38. The van der Waals surface area contributed by atoms with Crippen molar-refractivity contribution in [2.45, 2.75) is 19.9 Å². The number of sulfone groups is 1. The minimum atomic E-state index is -2.94. The molecule has 0 fully saturated rings. The number of rotatable bonds is 8. The van der Waals surface area contributed by atoms with E-state index in [2.05, 4.69) is 5.32 Å². The molecule has 1 aliphatic heterocycles. The molecule has 1 aromatic carbocycles. The minimum absolute atomic E-state index is 0.148. The van der Waals surface area contributed by atoms with Gasteiger partial charge < -0.3 is 19.5 Å². The fourth-order valence-electron chi connectivity index (χ4n) is 2.03. The molecule has 7 heteroatoms. The fraction of sp³-hybridized carbons (Fsp3) is 0.571. The third-order valence-corrected chi connectivity index (χ3v) is 5.01. The smallest absolute Gasteiger partial charge is 0.231 e. The van der Waals surface area contributed by atoms with Gasteiger partial charge in [0.1, 0.15) is 15.6 Å². The molecule has 1 aromatic rings. The van der Waals surface area contributed by atoms with Crippen LogP contribution in [0, 0.1) is 0 Å². The summed E-state index contributed by atoms with van der Waals surface area (Å²) in [6, 6.07) is 3.68. The zero-order chi connectivity index (χ0) is 15.3. The molecular weight excluding hydrogens is 294 g/mol. The van der Waals surface area contributed by atoms with Gasteiger partial charge in [-0.2, -0.15) is 0 Å². The Kier molecular flexibility index (Phi) is 5.30. The van der Waals surface area contributed by atoms with Crippen molar-refractivity contribution in [3.05, 3.63) is 17.7 Å². The first-order valence-electron chi connectivity index (χ1n) is 6.96. The molecule has 21 heavy (non-hydrogen) atoms. The first kappa shape index (κ1) is 15.9. The molecule has 0 bridgehead atoms. The van der Waals surface area contributed by atoms with Gasteiger partial charge in [0.15, 0.2) is 11.5 Å². The zero-order valence-corrected chi connectivity index (χ0v) is 13.2. The Morgan fingerprint density at radius 2 is 2.00 bits per heavy atom. The first-order chi connectivity index (χ1) is 10.1. The predicted octanol–water partition coefficient (Wildman–Crippen LogP) is 1.34. The van der Waals surface area contributed by atoms with Gasteiger partial charge in [-0.1, -0.05) is 6.92 Å². The van der Waals surface area contributed by atoms with E-state index in [0.717, 1.165) is 5.56 Å². The van der Waals surface area contributed by atoms with Crippen molar-refractivity contribution in [2.75, 3.05) is 32.0 Å². The summed E-state index contributed by atoms with van der Waals surface area (Å²) >= 11 is 0. The van der Waals surface area contributed by atoms with Crippen molar-refractivity contribution in [1.29, 1.82) is 0 Å². The van der Waals surface area contributed by atoms with Gasteiger partial charge in [0, 0.05) is 23.9 Å². The molecule has 0 saturated carbocycles. The number of hydrogen-bond donors (Lipinski definition) is 1. The summed E-state index contributed by atoms with van der Waals surface area (Å²) in [6.45, 7) is 2.86. The normalized spacial score (nSPS) is 13.4. The van der Waals surface area contributed by atoms with Gasteiger partial charge in [-0.25, -0.2) is 8.42 Å². The second kappa shape index (κ2) is 7.00. The summed E-state index contributed by atoms with van der Waals surface area (Å²) in [6.07, 6.45) is 0.476. The molecule has 0 amide bonds. The topological polar surface area (TPSA) is 73.9 Å². The second-order valence-electron chi connectivity index (χ2n) is 4.78. The molecular formula is C14H21NO5S. The molecule has 0 spiro atoms. The maximum absolute atomic E-state index is 11.4. The van der Waals surface area contributed by atoms with Gasteiger partial charge in [-0.05, 0) is 19.5 Å². The molecule has 0 saturated heterocycles. The molecule has 1 aliphatic rings. The second-order valence-corrected chi connectivity index (χ2v) is 7.25. The lowest BCUT2D eigenvalue weighted by Gasteiger charge is -2.12. The molecule has 118 valence electrons. The summed E-state index contributed by atoms with van der Waals surface area (Å²) in [5.41, 5.74) is 0.958. The standard InChI is InChI=1S/C14H21NO5S/c1-3-21(16,17)6-4-5-18-12-8-14-13(19-10-20-14)7-11(12)9-15-2/h7-8,15H,3-6,9-10H2,1-2H3. The van der Waals surface area contributed by atoms with Crippen LogP contribution in [0.5, 0.6) is 17.2 Å². The Bertz CT molecular complexity index is 585. The predicted molar refractivity (Wildman–Crippen MR) is 79.8 cm³/mol. The van der Waals surface area contributed by atoms with Gasteiger partial charge in [-0.3, -0.25) is 0 Å². The zero-order valence-electron chi connectivity index (χ0n) is 12.3. The van der Waals surface area contributed by atoms with Gasteiger partial charge in [-0.15, -0.1) is 0 Å². The van der Waals surface area contributed by atoms with Crippen molar-refractivity contribution in [3.63, 3.8) is 0 Å². The van der Waals surface area contributed by atoms with E-state index in [1.54, 1.807) is 13.0 Å². The Labute approximate surface area is 125 Å². The van der Waals surface area contributed by atoms with E-state index in [0.29, 0.717) is 36.8 Å². The van der Waals surface area contributed by atoms with Crippen LogP contribution in [0.15, 0.2) is 12.1 Å². The molecule has 0 aliphatic carbocycles. The Hall–Kier alpha value is -1.47. The molecule has 0 radical (unpaired) electrons. The largest absolute Gasteiger partial charge is 0.493 e. The highest BCUT2D eigenvalue weighted by Gasteiger charge is 2.18. The highest BCUT2D eigenvalue weighted by atomic mass is 32.2. The van der Waals surface area contributed by atoms with Crippen LogP contribution in [-0.2, 0) is 16.4 Å². The number of nitrogens with one attached hydrogen (secondary N) is 1. The van der Waals surface area contributed by atoms with Gasteiger partial charge in [0.2, 0.25) is 6.79 Å². The van der Waals surface area contributed by atoms with Crippen molar-refractivity contribution in [1.82, 2.24) is 5.32 Å². The first-order valence-corrected chi connectivity index (χ1v) is 8.78. The summed E-state index contributed by atoms with van der Waals surface area (Å²) in [5.74, 6) is 2.38. The van der Waals surface area contributed by atoms with E-state index in [4.69, 9.17) is 14.2 Å². The number of fused-ring (bicyclic) bond motifs is 1. The van der Waals surface area contributed by atoms with Gasteiger partial charge in [0.25, 0.3) is 0 Å². The maximum Gasteiger partial charge on any atom is 0.231 e. The van der Waals surface area contributed by atoms with E-state index in [1.165, 1.54) is 0 Å². The third-order valence-electron chi connectivity index (χ3n) is 3.22. The number of ether oxygens (including phenoxy) is 3. The summed E-state index contributed by atoms with van der Waals surface area (Å²) in [4.78, 5) is 0. The third kappa shape index (κ3) is 4.25. The van der Waals surface area contributed by atoms with E-state index in [1.807, 2.05) is 13.1 Å². The van der Waals surface area contributed by atoms with Gasteiger partial charge >= 0.3 is 0 Å². The van der Waals surface area contributed by atoms with Crippen LogP contribution in [0.2, 0.25) is 0 Å². The maximum atomic E-state index is 11.4. The van der Waals surface area contributed by atoms with Crippen LogP contribution in [-0.4, -0.2) is 40.4 Å². The van der Waals surface area contributed by atoms with E-state index in [9.17, 15) is 8.42 Å². The summed E-state index contributed by atoms with van der Waals surface area (Å²) < 4.78 is 39.2. The van der Waals surface area contributed by atoms with Crippen molar-refractivity contribution < 1.29 is 22.6 Å². The summed E-state index contributed by atoms with van der Waals surface area (Å²) in [5, 5.41) is 3.07. The van der Waals surface area contributed by atoms with E-state index in [-0.39, 0.29) is 18.3 Å². The molecule has 6 nitrogen and oxygen atoms in total. The monoisotopic (exact) mass is 315 g/mol. The van der Waals surface area contributed by atoms with Crippen LogP contribution in [0.25, 0.3) is 0 Å². The quantitative estimate of drug-likeness (QED) is 0.730. The minimum Gasteiger partial charge on any atom is -0.493 e. The van der Waals surface area contributed by atoms with Crippen LogP contribution in [0.3, 0.4) is 0 Å². The fourth-order valence-corrected chi connectivity index (χ4v) is 2.88. The van der Waals surface area contributed by atoms with Crippen molar-refractivity contribution in [3.8, 4) is 17.2 Å². The molecule has 1 N–H and O–H groups in total.